The Morgan fingerprint density at radius 1 is 1.42 bits per heavy atom. The molecule has 0 spiro atoms. The van der Waals surface area contributed by atoms with Gasteiger partial charge in [-0.3, -0.25) is 4.79 Å². The van der Waals surface area contributed by atoms with Crippen molar-refractivity contribution in [1.29, 1.82) is 0 Å². The molecule has 0 radical (unpaired) electrons. The maximum atomic E-state index is 12.2. The first-order valence-electron chi connectivity index (χ1n) is 7.00. The number of anilines is 1. The second-order valence-corrected chi connectivity index (χ2v) is 6.57. The normalized spacial score (nSPS) is 19.5. The van der Waals surface area contributed by atoms with Gasteiger partial charge >= 0.3 is 0 Å². The van der Waals surface area contributed by atoms with Gasteiger partial charge < -0.3 is 10.6 Å². The van der Waals surface area contributed by atoms with Crippen LogP contribution in [0.3, 0.4) is 0 Å². The van der Waals surface area contributed by atoms with E-state index in [1.54, 1.807) is 0 Å². The van der Waals surface area contributed by atoms with Gasteiger partial charge in [0.1, 0.15) is 6.04 Å². The molecule has 2 N–H and O–H groups in total. The summed E-state index contributed by atoms with van der Waals surface area (Å²) in [6.07, 6.45) is 0.784. The molecule has 0 fully saturated rings. The molecule has 0 saturated carbocycles. The lowest BCUT2D eigenvalue weighted by molar-refractivity contribution is -0.122. The van der Waals surface area contributed by atoms with Gasteiger partial charge in [-0.25, -0.2) is 0 Å². The minimum Gasteiger partial charge on any atom is -0.373 e. The van der Waals surface area contributed by atoms with Gasteiger partial charge in [0, 0.05) is 18.7 Å². The van der Waals surface area contributed by atoms with Crippen LogP contribution in [0.15, 0.2) is 24.3 Å². The van der Waals surface area contributed by atoms with Crippen molar-refractivity contribution < 1.29 is 4.79 Å². The predicted molar refractivity (Wildman–Crippen MR) is 79.2 cm³/mol. The van der Waals surface area contributed by atoms with Crippen LogP contribution in [0, 0.1) is 11.3 Å². The highest BCUT2D eigenvalue weighted by molar-refractivity contribution is 5.87. The van der Waals surface area contributed by atoms with E-state index in [0.717, 1.165) is 18.7 Å². The molecule has 1 heterocycles. The third kappa shape index (κ3) is 3.28. The Morgan fingerprint density at radius 2 is 2.11 bits per heavy atom. The molecule has 3 heteroatoms. The Balaban J connectivity index is 1.87. The van der Waals surface area contributed by atoms with Crippen molar-refractivity contribution in [3.05, 3.63) is 29.8 Å². The first kappa shape index (κ1) is 13.9. The van der Waals surface area contributed by atoms with Crippen LogP contribution in [0.1, 0.15) is 33.3 Å². The van der Waals surface area contributed by atoms with Crippen LogP contribution in [0.4, 0.5) is 5.69 Å². The zero-order valence-electron chi connectivity index (χ0n) is 12.3. The van der Waals surface area contributed by atoms with Crippen molar-refractivity contribution in [3.63, 3.8) is 0 Å². The number of carbonyl (C=O) groups is 1. The number of fused-ring (bicyclic) bond motifs is 1. The lowest BCUT2D eigenvalue weighted by Gasteiger charge is -2.27. The van der Waals surface area contributed by atoms with E-state index in [4.69, 9.17) is 0 Å². The Hall–Kier alpha value is -1.51. The molecule has 1 aromatic rings. The highest BCUT2D eigenvalue weighted by Crippen LogP contribution is 2.26. The summed E-state index contributed by atoms with van der Waals surface area (Å²) in [5, 5.41) is 6.35. The van der Waals surface area contributed by atoms with Crippen LogP contribution in [0.2, 0.25) is 0 Å². The monoisotopic (exact) mass is 260 g/mol. The Morgan fingerprint density at radius 3 is 2.74 bits per heavy atom. The summed E-state index contributed by atoms with van der Waals surface area (Å²) in [6, 6.07) is 7.99. The molecular weight excluding hydrogens is 236 g/mol. The van der Waals surface area contributed by atoms with E-state index < -0.39 is 0 Å². The smallest absolute Gasteiger partial charge is 0.242 e. The van der Waals surface area contributed by atoms with E-state index in [1.807, 2.05) is 18.2 Å². The van der Waals surface area contributed by atoms with Gasteiger partial charge in [-0.1, -0.05) is 45.9 Å². The van der Waals surface area contributed by atoms with Gasteiger partial charge in [0.2, 0.25) is 5.91 Å². The Bertz CT molecular complexity index is 437. The number of carbonyl (C=O) groups excluding carboxylic acids is 1. The maximum absolute atomic E-state index is 12.2. The summed E-state index contributed by atoms with van der Waals surface area (Å²) in [5.41, 5.74) is 2.54. The fourth-order valence-electron chi connectivity index (χ4n) is 2.14. The summed E-state index contributed by atoms with van der Waals surface area (Å²) < 4.78 is 0. The van der Waals surface area contributed by atoms with Crippen molar-refractivity contribution in [2.75, 3.05) is 11.9 Å². The molecule has 1 aromatic carbocycles. The van der Waals surface area contributed by atoms with Crippen LogP contribution in [0.5, 0.6) is 0 Å². The molecule has 0 aliphatic carbocycles. The van der Waals surface area contributed by atoms with Gasteiger partial charge in [0.05, 0.1) is 0 Å². The largest absolute Gasteiger partial charge is 0.373 e. The molecule has 104 valence electrons. The minimum atomic E-state index is -0.121. The molecule has 1 unspecified atom stereocenters. The van der Waals surface area contributed by atoms with Gasteiger partial charge in [-0.05, 0) is 23.0 Å². The molecule has 1 aliphatic rings. The average molecular weight is 260 g/mol. The number of rotatable bonds is 3. The van der Waals surface area contributed by atoms with E-state index in [-0.39, 0.29) is 17.4 Å². The van der Waals surface area contributed by atoms with E-state index in [0.29, 0.717) is 5.92 Å². The number of hydrogen-bond acceptors (Lipinski definition) is 2. The quantitative estimate of drug-likeness (QED) is 0.877. The van der Waals surface area contributed by atoms with Crippen molar-refractivity contribution in [3.8, 4) is 0 Å². The van der Waals surface area contributed by atoms with Crippen LogP contribution in [-0.4, -0.2) is 18.5 Å². The fourth-order valence-corrected chi connectivity index (χ4v) is 2.14. The Kier molecular flexibility index (Phi) is 3.83. The number of amides is 1. The number of para-hydroxylation sites is 1. The highest BCUT2D eigenvalue weighted by Gasteiger charge is 2.27. The zero-order chi connectivity index (χ0) is 14.0. The van der Waals surface area contributed by atoms with Crippen molar-refractivity contribution in [1.82, 2.24) is 5.32 Å². The van der Waals surface area contributed by atoms with E-state index in [1.165, 1.54) is 5.56 Å². The summed E-state index contributed by atoms with van der Waals surface area (Å²) >= 11 is 0. The lowest BCUT2D eigenvalue weighted by Crippen LogP contribution is -2.42. The van der Waals surface area contributed by atoms with E-state index >= 15 is 0 Å². The summed E-state index contributed by atoms with van der Waals surface area (Å²) in [5.74, 6) is 0.563. The molecule has 19 heavy (non-hydrogen) atoms. The summed E-state index contributed by atoms with van der Waals surface area (Å²) in [4.78, 5) is 12.2. The summed E-state index contributed by atoms with van der Waals surface area (Å²) in [6.45, 7) is 9.52. The molecule has 0 saturated heterocycles. The second kappa shape index (κ2) is 5.24. The number of nitrogens with one attached hydrogen (secondary N) is 2. The number of hydrogen-bond donors (Lipinski definition) is 2. The lowest BCUT2D eigenvalue weighted by atomic mass is 9.82. The molecule has 1 amide bonds. The first-order chi connectivity index (χ1) is 8.88. The Labute approximate surface area is 115 Å². The molecule has 0 aromatic heterocycles. The van der Waals surface area contributed by atoms with Gasteiger partial charge in [-0.15, -0.1) is 0 Å². The van der Waals surface area contributed by atoms with Gasteiger partial charge in [0.15, 0.2) is 0 Å². The summed E-state index contributed by atoms with van der Waals surface area (Å²) in [7, 11) is 0. The molecule has 2 rings (SSSR count). The van der Waals surface area contributed by atoms with Crippen molar-refractivity contribution >= 4 is 11.6 Å². The van der Waals surface area contributed by atoms with Crippen LogP contribution < -0.4 is 10.6 Å². The third-order valence-electron chi connectivity index (χ3n) is 4.15. The highest BCUT2D eigenvalue weighted by atomic mass is 16.2. The first-order valence-corrected chi connectivity index (χ1v) is 7.00. The minimum absolute atomic E-state index is 0.104. The molecule has 1 aliphatic heterocycles. The molecular formula is C16H24N2O. The van der Waals surface area contributed by atoms with Crippen LogP contribution >= 0.6 is 0 Å². The van der Waals surface area contributed by atoms with E-state index in [2.05, 4.69) is 44.4 Å². The van der Waals surface area contributed by atoms with Crippen molar-refractivity contribution in [2.45, 2.75) is 40.2 Å². The fraction of sp³-hybridized carbons (Fsp3) is 0.562. The van der Waals surface area contributed by atoms with Gasteiger partial charge in [0.25, 0.3) is 0 Å². The second-order valence-electron chi connectivity index (χ2n) is 6.57. The third-order valence-corrected chi connectivity index (χ3v) is 4.15. The predicted octanol–water partition coefficient (Wildman–Crippen LogP) is 2.82. The molecule has 0 bridgehead atoms. The van der Waals surface area contributed by atoms with Gasteiger partial charge in [-0.2, -0.15) is 0 Å². The maximum Gasteiger partial charge on any atom is 0.242 e. The van der Waals surface area contributed by atoms with Crippen LogP contribution in [-0.2, 0) is 11.2 Å². The molecule has 2 atom stereocenters. The molecule has 3 nitrogen and oxygen atoms in total. The zero-order valence-corrected chi connectivity index (χ0v) is 12.3. The van der Waals surface area contributed by atoms with E-state index in [9.17, 15) is 4.79 Å². The average Bonchev–Trinajstić information content (AvgIpc) is 2.78. The SMILES string of the molecule is CC(CNC(=O)[C@@H]1Cc2ccccc2N1)C(C)(C)C. The van der Waals surface area contributed by atoms with Crippen molar-refractivity contribution in [2.24, 2.45) is 11.3 Å². The van der Waals surface area contributed by atoms with Crippen LogP contribution in [0.25, 0.3) is 0 Å². The topological polar surface area (TPSA) is 41.1 Å². The standard InChI is InChI=1S/C16H24N2O/c1-11(16(2,3)4)10-17-15(19)14-9-12-7-5-6-8-13(12)18-14/h5-8,11,14,18H,9-10H2,1-4H3,(H,17,19)/t11?,14-/m0/s1. The number of benzene rings is 1.